The molecule has 7 nitrogen and oxygen atoms in total. The molecule has 1 aromatic rings. The lowest BCUT2D eigenvalue weighted by atomic mass is 9.49. The van der Waals surface area contributed by atoms with Crippen molar-refractivity contribution < 1.29 is 18.1 Å². The van der Waals surface area contributed by atoms with Crippen molar-refractivity contribution in [3.63, 3.8) is 0 Å². The summed E-state index contributed by atoms with van der Waals surface area (Å²) in [6, 6.07) is 3.54. The Labute approximate surface area is 159 Å². The minimum Gasteiger partial charge on any atom is -0.273 e. The van der Waals surface area contributed by atoms with Crippen LogP contribution in [0.25, 0.3) is 0 Å². The molecule has 1 aromatic carbocycles. The van der Waals surface area contributed by atoms with E-state index in [1.165, 1.54) is 12.1 Å². The van der Waals surface area contributed by atoms with Gasteiger partial charge >= 0.3 is 0 Å². The number of nitro benzene ring substituents is 1. The molecule has 1 N–H and O–H groups in total. The topological polar surface area (TPSA) is 106 Å². The number of rotatable bonds is 4. The summed E-state index contributed by atoms with van der Waals surface area (Å²) in [5.41, 5.74) is -0.946. The van der Waals surface area contributed by atoms with Gasteiger partial charge in [-0.15, -0.1) is 0 Å². The van der Waals surface area contributed by atoms with Gasteiger partial charge < -0.3 is 0 Å². The standard InChI is InChI=1S/C17H19BrN2O5S/c18-14-2-1-13(6-15(14)20(22)23)26(24,25)19-16(21)17-7-10-3-11(8-17)5-12(4-10)9-17/h1-2,6,10-12H,3-5,7-9H2,(H,19,21). The molecule has 0 atom stereocenters. The van der Waals surface area contributed by atoms with Gasteiger partial charge in [-0.05, 0) is 84.3 Å². The fourth-order valence-corrected chi connectivity index (χ4v) is 6.96. The maximum absolute atomic E-state index is 12.9. The van der Waals surface area contributed by atoms with E-state index in [-0.39, 0.29) is 15.1 Å². The molecule has 0 spiro atoms. The normalized spacial score (nSPS) is 32.4. The molecule has 9 heteroatoms. The first-order valence-electron chi connectivity index (χ1n) is 8.70. The number of carbonyl (C=O) groups excluding carboxylic acids is 1. The predicted molar refractivity (Wildman–Crippen MR) is 96.7 cm³/mol. The fourth-order valence-electron chi connectivity index (χ4n) is 5.48. The van der Waals surface area contributed by atoms with E-state index in [1.54, 1.807) is 0 Å². The molecule has 4 saturated carbocycles. The predicted octanol–water partition coefficient (Wildman–Crippen LogP) is 3.38. The molecule has 4 aliphatic rings. The zero-order valence-electron chi connectivity index (χ0n) is 14.0. The Balaban J connectivity index is 1.59. The average molecular weight is 443 g/mol. The van der Waals surface area contributed by atoms with Crippen LogP contribution in [0.2, 0.25) is 0 Å². The molecule has 0 saturated heterocycles. The van der Waals surface area contributed by atoms with Gasteiger partial charge in [0.15, 0.2) is 0 Å². The number of nitro groups is 1. The number of amides is 1. The van der Waals surface area contributed by atoms with Crippen molar-refractivity contribution in [3.05, 3.63) is 32.8 Å². The van der Waals surface area contributed by atoms with Crippen molar-refractivity contribution in [3.8, 4) is 0 Å². The number of halogens is 1. The monoisotopic (exact) mass is 442 g/mol. The molecule has 26 heavy (non-hydrogen) atoms. The number of carbonyl (C=O) groups is 1. The van der Waals surface area contributed by atoms with Crippen LogP contribution < -0.4 is 4.72 Å². The Morgan fingerprint density at radius 1 is 1.15 bits per heavy atom. The highest BCUT2D eigenvalue weighted by Crippen LogP contribution is 2.60. The largest absolute Gasteiger partial charge is 0.284 e. The summed E-state index contributed by atoms with van der Waals surface area (Å²) in [7, 11) is -4.15. The molecule has 1 amide bonds. The molecular weight excluding hydrogens is 424 g/mol. The summed E-state index contributed by atoms with van der Waals surface area (Å²) >= 11 is 3.03. The maximum Gasteiger partial charge on any atom is 0.284 e. The molecule has 140 valence electrons. The molecule has 4 aliphatic carbocycles. The van der Waals surface area contributed by atoms with Crippen LogP contribution >= 0.6 is 15.9 Å². The number of nitrogens with one attached hydrogen (secondary N) is 1. The van der Waals surface area contributed by atoms with Crippen molar-refractivity contribution in [1.29, 1.82) is 0 Å². The second kappa shape index (κ2) is 6.02. The van der Waals surface area contributed by atoms with E-state index < -0.39 is 26.3 Å². The number of nitrogens with zero attached hydrogens (tertiary/aromatic N) is 1. The summed E-state index contributed by atoms with van der Waals surface area (Å²) in [5.74, 6) is 1.11. The smallest absolute Gasteiger partial charge is 0.273 e. The minimum atomic E-state index is -4.15. The van der Waals surface area contributed by atoms with Gasteiger partial charge in [0.1, 0.15) is 0 Å². The second-order valence-corrected chi connectivity index (χ2v) is 10.5. The molecule has 0 radical (unpaired) electrons. The zero-order valence-corrected chi connectivity index (χ0v) is 16.4. The van der Waals surface area contributed by atoms with Crippen molar-refractivity contribution in [1.82, 2.24) is 4.72 Å². The third-order valence-corrected chi connectivity index (χ3v) is 8.17. The van der Waals surface area contributed by atoms with Gasteiger partial charge in [-0.3, -0.25) is 14.9 Å². The molecule has 0 heterocycles. The van der Waals surface area contributed by atoms with Crippen LogP contribution in [0.4, 0.5) is 5.69 Å². The van der Waals surface area contributed by atoms with Gasteiger partial charge in [0.2, 0.25) is 5.91 Å². The van der Waals surface area contributed by atoms with E-state index in [0.29, 0.717) is 17.8 Å². The Hall–Kier alpha value is -1.48. The van der Waals surface area contributed by atoms with Gasteiger partial charge in [-0.25, -0.2) is 13.1 Å². The summed E-state index contributed by atoms with van der Waals surface area (Å²) in [4.78, 5) is 23.0. The first kappa shape index (κ1) is 17.9. The Morgan fingerprint density at radius 2 is 1.69 bits per heavy atom. The van der Waals surface area contributed by atoms with Crippen LogP contribution in [0.3, 0.4) is 0 Å². The second-order valence-electron chi connectivity index (χ2n) is 8.00. The summed E-state index contributed by atoms with van der Waals surface area (Å²) in [6.07, 6.45) is 5.71. The van der Waals surface area contributed by atoms with Crippen molar-refractivity contribution in [2.45, 2.75) is 43.4 Å². The highest BCUT2D eigenvalue weighted by Gasteiger charge is 2.55. The number of hydrogen-bond donors (Lipinski definition) is 1. The van der Waals surface area contributed by atoms with Gasteiger partial charge in [-0.1, -0.05) is 0 Å². The van der Waals surface area contributed by atoms with E-state index >= 15 is 0 Å². The molecular formula is C17H19BrN2O5S. The first-order chi connectivity index (χ1) is 12.2. The van der Waals surface area contributed by atoms with E-state index in [0.717, 1.165) is 44.6 Å². The Morgan fingerprint density at radius 3 is 2.19 bits per heavy atom. The molecule has 0 aromatic heterocycles. The lowest BCUT2D eigenvalue weighted by molar-refractivity contribution is -0.385. The highest BCUT2D eigenvalue weighted by molar-refractivity contribution is 9.10. The summed E-state index contributed by atoms with van der Waals surface area (Å²) < 4.78 is 27.7. The van der Waals surface area contributed by atoms with Crippen LogP contribution in [0, 0.1) is 33.3 Å². The average Bonchev–Trinajstić information content (AvgIpc) is 2.53. The van der Waals surface area contributed by atoms with Crippen LogP contribution in [-0.2, 0) is 14.8 Å². The van der Waals surface area contributed by atoms with E-state index in [4.69, 9.17) is 0 Å². The third kappa shape index (κ3) is 2.94. The molecule has 4 bridgehead atoms. The number of sulfonamides is 1. The van der Waals surface area contributed by atoms with Crippen molar-refractivity contribution in [2.24, 2.45) is 23.2 Å². The lowest BCUT2D eigenvalue weighted by Crippen LogP contribution is -2.54. The van der Waals surface area contributed by atoms with Gasteiger partial charge in [0.25, 0.3) is 15.7 Å². The molecule has 5 rings (SSSR count). The maximum atomic E-state index is 12.9. The summed E-state index contributed by atoms with van der Waals surface area (Å²) in [5, 5.41) is 11.0. The highest BCUT2D eigenvalue weighted by atomic mass is 79.9. The number of benzene rings is 1. The van der Waals surface area contributed by atoms with E-state index in [1.807, 2.05) is 0 Å². The first-order valence-corrected chi connectivity index (χ1v) is 11.0. The molecule has 4 fully saturated rings. The Kier molecular flexibility index (Phi) is 4.15. The Bertz CT molecular complexity index is 863. The van der Waals surface area contributed by atoms with Gasteiger partial charge in [-0.2, -0.15) is 0 Å². The van der Waals surface area contributed by atoms with E-state index in [2.05, 4.69) is 20.7 Å². The van der Waals surface area contributed by atoms with Crippen LogP contribution in [-0.4, -0.2) is 19.2 Å². The van der Waals surface area contributed by atoms with Crippen LogP contribution in [0.1, 0.15) is 38.5 Å². The lowest BCUT2D eigenvalue weighted by Gasteiger charge is -2.55. The van der Waals surface area contributed by atoms with Gasteiger partial charge in [0.05, 0.1) is 19.7 Å². The zero-order chi connectivity index (χ0) is 18.7. The van der Waals surface area contributed by atoms with Crippen LogP contribution in [0.15, 0.2) is 27.6 Å². The fraction of sp³-hybridized carbons (Fsp3) is 0.588. The number of hydrogen-bond acceptors (Lipinski definition) is 5. The summed E-state index contributed by atoms with van der Waals surface area (Å²) in [6.45, 7) is 0. The van der Waals surface area contributed by atoms with Crippen LogP contribution in [0.5, 0.6) is 0 Å². The quantitative estimate of drug-likeness (QED) is 0.567. The van der Waals surface area contributed by atoms with Gasteiger partial charge in [0, 0.05) is 6.07 Å². The SMILES string of the molecule is O=C(NS(=O)(=O)c1ccc(Br)c([N+](=O)[O-])c1)C12CC3CC(CC(C3)C1)C2. The minimum absolute atomic E-state index is 0.189. The molecule has 0 aliphatic heterocycles. The van der Waals surface area contributed by atoms with Crippen molar-refractivity contribution in [2.75, 3.05) is 0 Å². The third-order valence-electron chi connectivity index (χ3n) is 6.17. The molecule has 0 unspecified atom stereocenters. The van der Waals surface area contributed by atoms with Crippen molar-refractivity contribution >= 4 is 37.5 Å². The van der Waals surface area contributed by atoms with E-state index in [9.17, 15) is 23.3 Å².